The van der Waals surface area contributed by atoms with Crippen molar-refractivity contribution in [2.45, 2.75) is 19.3 Å². The van der Waals surface area contributed by atoms with Gasteiger partial charge >= 0.3 is 0 Å². The third-order valence-electron chi connectivity index (χ3n) is 3.59. The smallest absolute Gasteiger partial charge is 0.0933 e. The van der Waals surface area contributed by atoms with E-state index >= 15 is 0 Å². The molecule has 92 valence electrons. The molecule has 3 rings (SSSR count). The average molecular weight is 238 g/mol. The fraction of sp³-hybridized carbons (Fsp3) is 0.312. The van der Waals surface area contributed by atoms with Crippen LogP contribution in [0.4, 0.5) is 5.69 Å². The van der Waals surface area contributed by atoms with Crippen LogP contribution in [0.15, 0.2) is 48.7 Å². The van der Waals surface area contributed by atoms with Gasteiger partial charge in [-0.25, -0.2) is 0 Å². The van der Waals surface area contributed by atoms with Crippen LogP contribution in [-0.2, 0) is 0 Å². The molecule has 1 N–H and O–H groups in total. The van der Waals surface area contributed by atoms with Gasteiger partial charge in [-0.3, -0.25) is 4.98 Å². The van der Waals surface area contributed by atoms with Crippen LogP contribution < -0.4 is 5.32 Å². The number of rotatable bonds is 3. The molecule has 0 fully saturated rings. The lowest BCUT2D eigenvalue weighted by Crippen LogP contribution is -2.15. The van der Waals surface area contributed by atoms with Crippen LogP contribution >= 0.6 is 0 Å². The van der Waals surface area contributed by atoms with E-state index in [0.717, 1.165) is 23.7 Å². The number of nitrogens with one attached hydrogen (secondary N) is 1. The third-order valence-corrected chi connectivity index (χ3v) is 3.59. The van der Waals surface area contributed by atoms with Crippen molar-refractivity contribution in [3.8, 4) is 0 Å². The molecule has 1 atom stereocenters. The van der Waals surface area contributed by atoms with E-state index < -0.39 is 0 Å². The largest absolute Gasteiger partial charge is 0.383 e. The average Bonchev–Trinajstić information content (AvgIpc) is 2.46. The second-order valence-electron chi connectivity index (χ2n) is 4.91. The molecule has 0 bridgehead atoms. The molecule has 1 unspecified atom stereocenters. The Morgan fingerprint density at radius 1 is 1.17 bits per heavy atom. The fourth-order valence-electron chi connectivity index (χ4n) is 2.54. The van der Waals surface area contributed by atoms with Gasteiger partial charge in [0.1, 0.15) is 0 Å². The van der Waals surface area contributed by atoms with Crippen molar-refractivity contribution in [1.29, 1.82) is 0 Å². The molecule has 2 nitrogen and oxygen atoms in total. The second kappa shape index (κ2) is 5.21. The SMILES string of the molecule is C1=CCC(CNc2cccc3cccnc23)CC1. The van der Waals surface area contributed by atoms with Gasteiger partial charge in [-0.1, -0.05) is 30.4 Å². The lowest BCUT2D eigenvalue weighted by atomic mass is 9.94. The maximum absolute atomic E-state index is 4.47. The molecule has 0 spiro atoms. The monoisotopic (exact) mass is 238 g/mol. The van der Waals surface area contributed by atoms with Crippen LogP contribution in [-0.4, -0.2) is 11.5 Å². The summed E-state index contributed by atoms with van der Waals surface area (Å²) in [5.41, 5.74) is 2.23. The quantitative estimate of drug-likeness (QED) is 0.817. The van der Waals surface area contributed by atoms with Crippen LogP contribution in [0.5, 0.6) is 0 Å². The molecule has 0 saturated heterocycles. The number of nitrogens with zero attached hydrogens (tertiary/aromatic N) is 1. The highest BCUT2D eigenvalue weighted by Gasteiger charge is 2.10. The molecule has 1 aliphatic rings. The van der Waals surface area contributed by atoms with Crippen molar-refractivity contribution < 1.29 is 0 Å². The molecule has 0 amide bonds. The first kappa shape index (κ1) is 11.3. The lowest BCUT2D eigenvalue weighted by Gasteiger charge is -2.19. The molecule has 2 heteroatoms. The van der Waals surface area contributed by atoms with Gasteiger partial charge in [0.2, 0.25) is 0 Å². The molecule has 1 heterocycles. The van der Waals surface area contributed by atoms with Gasteiger partial charge in [-0.05, 0) is 37.3 Å². The van der Waals surface area contributed by atoms with Crippen LogP contribution in [0.2, 0.25) is 0 Å². The molecular weight excluding hydrogens is 220 g/mol. The summed E-state index contributed by atoms with van der Waals surface area (Å²) in [6.07, 6.45) is 10.2. The summed E-state index contributed by atoms with van der Waals surface area (Å²) in [5, 5.41) is 4.76. The van der Waals surface area contributed by atoms with E-state index in [0.29, 0.717) is 0 Å². The van der Waals surface area contributed by atoms with E-state index in [-0.39, 0.29) is 0 Å². The van der Waals surface area contributed by atoms with Gasteiger partial charge in [0.05, 0.1) is 11.2 Å². The number of aromatic nitrogens is 1. The van der Waals surface area contributed by atoms with Crippen molar-refractivity contribution in [3.63, 3.8) is 0 Å². The number of para-hydroxylation sites is 1. The van der Waals surface area contributed by atoms with E-state index in [9.17, 15) is 0 Å². The van der Waals surface area contributed by atoms with Gasteiger partial charge in [0.25, 0.3) is 0 Å². The number of anilines is 1. The molecule has 0 aliphatic heterocycles. The zero-order chi connectivity index (χ0) is 12.2. The number of allylic oxidation sites excluding steroid dienone is 2. The normalized spacial score (nSPS) is 19.0. The Bertz CT molecular complexity index is 555. The Hall–Kier alpha value is -1.83. The Balaban J connectivity index is 1.76. The number of pyridine rings is 1. The van der Waals surface area contributed by atoms with E-state index in [4.69, 9.17) is 0 Å². The standard InChI is InChI=1S/C16H18N2/c1-2-6-13(7-3-1)12-18-15-10-4-8-14-9-5-11-17-16(14)15/h1-2,4-5,8-11,13,18H,3,6-7,12H2. The molecule has 0 radical (unpaired) electrons. The summed E-state index contributed by atoms with van der Waals surface area (Å²) >= 11 is 0. The predicted molar refractivity (Wildman–Crippen MR) is 76.7 cm³/mol. The first-order valence-electron chi connectivity index (χ1n) is 6.66. The van der Waals surface area contributed by atoms with Gasteiger partial charge in [0.15, 0.2) is 0 Å². The summed E-state index contributed by atoms with van der Waals surface area (Å²) in [7, 11) is 0. The van der Waals surface area contributed by atoms with Crippen molar-refractivity contribution >= 4 is 16.6 Å². The first-order valence-corrected chi connectivity index (χ1v) is 6.66. The molecule has 0 saturated carbocycles. The molecule has 1 aromatic heterocycles. The minimum atomic E-state index is 0.758. The topological polar surface area (TPSA) is 24.9 Å². The van der Waals surface area contributed by atoms with Gasteiger partial charge in [-0.2, -0.15) is 0 Å². The highest BCUT2D eigenvalue weighted by molar-refractivity contribution is 5.90. The van der Waals surface area contributed by atoms with Crippen LogP contribution in [0.1, 0.15) is 19.3 Å². The van der Waals surface area contributed by atoms with Crippen LogP contribution in [0.25, 0.3) is 10.9 Å². The number of fused-ring (bicyclic) bond motifs is 1. The number of hydrogen-bond donors (Lipinski definition) is 1. The van der Waals surface area contributed by atoms with E-state index in [2.05, 4.69) is 46.7 Å². The third kappa shape index (κ3) is 2.37. The maximum Gasteiger partial charge on any atom is 0.0933 e. The summed E-state index contributed by atoms with van der Waals surface area (Å²) in [4.78, 5) is 4.47. The van der Waals surface area contributed by atoms with Crippen LogP contribution in [0.3, 0.4) is 0 Å². The Morgan fingerprint density at radius 2 is 2.11 bits per heavy atom. The summed E-state index contributed by atoms with van der Waals surface area (Å²) < 4.78 is 0. The van der Waals surface area contributed by atoms with E-state index in [1.807, 2.05) is 12.3 Å². The molecular formula is C16H18N2. The highest BCUT2D eigenvalue weighted by atomic mass is 14.9. The van der Waals surface area contributed by atoms with Crippen LogP contribution in [0, 0.1) is 5.92 Å². The highest BCUT2D eigenvalue weighted by Crippen LogP contribution is 2.23. The Morgan fingerprint density at radius 3 is 3.00 bits per heavy atom. The zero-order valence-corrected chi connectivity index (χ0v) is 10.5. The number of hydrogen-bond acceptors (Lipinski definition) is 2. The molecule has 1 aliphatic carbocycles. The fourth-order valence-corrected chi connectivity index (χ4v) is 2.54. The number of benzene rings is 1. The lowest BCUT2D eigenvalue weighted by molar-refractivity contribution is 0.504. The van der Waals surface area contributed by atoms with Crippen molar-refractivity contribution in [2.24, 2.45) is 5.92 Å². The Labute approximate surface area is 108 Å². The Kier molecular flexibility index (Phi) is 3.26. The first-order chi connectivity index (χ1) is 8.93. The van der Waals surface area contributed by atoms with E-state index in [1.54, 1.807) is 0 Å². The maximum atomic E-state index is 4.47. The summed E-state index contributed by atoms with van der Waals surface area (Å²) in [6, 6.07) is 10.4. The minimum absolute atomic E-state index is 0.758. The van der Waals surface area contributed by atoms with E-state index in [1.165, 1.54) is 24.6 Å². The summed E-state index contributed by atoms with van der Waals surface area (Å²) in [5.74, 6) is 0.758. The van der Waals surface area contributed by atoms with Crippen molar-refractivity contribution in [3.05, 3.63) is 48.7 Å². The zero-order valence-electron chi connectivity index (χ0n) is 10.5. The van der Waals surface area contributed by atoms with Gasteiger partial charge in [-0.15, -0.1) is 0 Å². The van der Waals surface area contributed by atoms with Crippen molar-refractivity contribution in [1.82, 2.24) is 4.98 Å². The predicted octanol–water partition coefficient (Wildman–Crippen LogP) is 4.00. The summed E-state index contributed by atoms with van der Waals surface area (Å²) in [6.45, 7) is 1.04. The molecule has 2 aromatic rings. The molecule has 1 aromatic carbocycles. The van der Waals surface area contributed by atoms with Crippen molar-refractivity contribution in [2.75, 3.05) is 11.9 Å². The minimum Gasteiger partial charge on any atom is -0.383 e. The van der Waals surface area contributed by atoms with Gasteiger partial charge in [0, 0.05) is 18.1 Å². The molecule has 18 heavy (non-hydrogen) atoms. The second-order valence-corrected chi connectivity index (χ2v) is 4.91. The van der Waals surface area contributed by atoms with Gasteiger partial charge < -0.3 is 5.32 Å².